The van der Waals surface area contributed by atoms with Gasteiger partial charge < -0.3 is 26.6 Å². The van der Waals surface area contributed by atoms with Crippen LogP contribution in [0.5, 0.6) is 0 Å². The average Bonchev–Trinajstić information content (AvgIpc) is 3.01. The summed E-state index contributed by atoms with van der Waals surface area (Å²) in [4.78, 5) is 0. The van der Waals surface area contributed by atoms with E-state index >= 15 is 0 Å². The Morgan fingerprint density at radius 2 is 0.585 bits per heavy atom. The summed E-state index contributed by atoms with van der Waals surface area (Å²) in [6.07, 6.45) is 3.77. The summed E-state index contributed by atoms with van der Waals surface area (Å²) < 4.78 is 36.0. The van der Waals surface area contributed by atoms with Crippen LogP contribution >= 0.6 is 0 Å². The maximum absolute atomic E-state index is 5.32. The van der Waals surface area contributed by atoms with Crippen LogP contribution in [0.2, 0.25) is 149 Å². The number of hydrogen-bond donors (Lipinski definition) is 0. The molecular weight excluding hydrogens is 793 g/mol. The van der Waals surface area contributed by atoms with Crippen molar-refractivity contribution in [3.05, 3.63) is 19.4 Å². The first kappa shape index (κ1) is 71.7. The summed E-state index contributed by atoms with van der Waals surface area (Å²) in [7, 11) is 5.53. The zero-order valence-corrected chi connectivity index (χ0v) is 50.3. The van der Waals surface area contributed by atoms with Crippen LogP contribution in [0.15, 0.2) is 12.3 Å². The SMILES string of the molecule is C=C[Si](C)(C)O[CH2+].CCC[Si](C)(C)OC.CCC[Si](C)(C)OC.CCC[Si](C)(C)OC.CO[Si](C)(C)C.CO[Si](C)(C)C.CO[Si](C)(C)C.C[SiH](C)C. The Hall–Kier alpha value is 1.07. The standard InChI is InChI=1S/3C6H16OSi.C5H11OSi.3C4H12OSi.C3H10Si/c3*1-5-6-8(3,4)7-2;1-5-7(3,4)6-2;3*1-5-6(2,3)4;1-4(2)3/h3*5-6H2,1-4H3;5H,1-2H2,3-4H3;3*1-4H3;4H,1-3H3/q;;;+1;;;;. The van der Waals surface area contributed by atoms with E-state index in [4.69, 9.17) is 31.0 Å². The van der Waals surface area contributed by atoms with Gasteiger partial charge in [0.25, 0.3) is 8.32 Å². The predicted molar refractivity (Wildman–Crippen MR) is 269 cm³/mol. The van der Waals surface area contributed by atoms with Gasteiger partial charge in [0.1, 0.15) is 0 Å². The molecule has 0 fully saturated rings. The van der Waals surface area contributed by atoms with E-state index < -0.39 is 58.2 Å². The minimum absolute atomic E-state index is 0.139. The molecule has 53 heavy (non-hydrogen) atoms. The predicted octanol–water partition coefficient (Wildman–Crippen LogP) is 14.0. The molecule has 0 bridgehead atoms. The fraction of sp³-hybridized carbons (Fsp3) is 0.921. The molecule has 330 valence electrons. The molecule has 0 N–H and O–H groups in total. The van der Waals surface area contributed by atoms with E-state index in [1.165, 1.54) is 37.4 Å². The highest BCUT2D eigenvalue weighted by Gasteiger charge is 2.20. The van der Waals surface area contributed by atoms with E-state index in [1.54, 1.807) is 21.3 Å². The minimum Gasteiger partial charge on any atom is -0.421 e. The van der Waals surface area contributed by atoms with E-state index in [9.17, 15) is 0 Å². The largest absolute Gasteiger partial charge is 0.421 e. The fourth-order valence-corrected chi connectivity index (χ4v) is 6.51. The van der Waals surface area contributed by atoms with Gasteiger partial charge in [-0.2, -0.15) is 0 Å². The van der Waals surface area contributed by atoms with Gasteiger partial charge in [-0.3, -0.25) is 0 Å². The Balaban J connectivity index is -0.0000000733. The molecule has 0 amide bonds. The molecule has 0 heterocycles. The third-order valence-electron chi connectivity index (χ3n) is 6.91. The van der Waals surface area contributed by atoms with E-state index in [0.29, 0.717) is 0 Å². The Morgan fingerprint density at radius 1 is 0.434 bits per heavy atom. The second-order valence-electron chi connectivity index (χ2n) is 18.8. The topological polar surface area (TPSA) is 64.6 Å². The normalized spacial score (nSPS) is 11.7. The van der Waals surface area contributed by atoms with Crippen LogP contribution < -0.4 is 0 Å². The molecule has 0 spiro atoms. The summed E-state index contributed by atoms with van der Waals surface area (Å²) in [6, 6.07) is 3.84. The first-order valence-electron chi connectivity index (χ1n) is 19.8. The molecule has 0 aliphatic heterocycles. The van der Waals surface area contributed by atoms with Gasteiger partial charge >= 0.3 is 0 Å². The smallest absolute Gasteiger partial charge is 0.278 e. The molecule has 0 atom stereocenters. The summed E-state index contributed by atoms with van der Waals surface area (Å²) in [5.74, 6) is 0. The summed E-state index contributed by atoms with van der Waals surface area (Å²) in [6.45, 7) is 54.1. The zero-order valence-electron chi connectivity index (χ0n) is 42.2. The lowest BCUT2D eigenvalue weighted by Crippen LogP contribution is -2.27. The van der Waals surface area contributed by atoms with Crippen molar-refractivity contribution in [1.82, 2.24) is 0 Å². The molecular formula is C38H105O7Si8+. The Kier molecular flexibility index (Phi) is 54.0. The number of hydrogen-bond acceptors (Lipinski definition) is 7. The molecule has 0 aromatic rings. The van der Waals surface area contributed by atoms with Gasteiger partial charge in [-0.1, -0.05) is 65.4 Å². The van der Waals surface area contributed by atoms with E-state index in [0.717, 1.165) is 0 Å². The van der Waals surface area contributed by atoms with Crippen LogP contribution in [0.25, 0.3) is 0 Å². The van der Waals surface area contributed by atoms with Crippen molar-refractivity contribution in [2.45, 2.75) is 189 Å². The van der Waals surface area contributed by atoms with Gasteiger partial charge in [0.05, 0.1) is 0 Å². The second kappa shape index (κ2) is 39.9. The van der Waals surface area contributed by atoms with E-state index in [2.05, 4.69) is 152 Å². The molecule has 0 rings (SSSR count). The summed E-state index contributed by atoms with van der Waals surface area (Å²) in [5.41, 5.74) is 1.85. The Morgan fingerprint density at radius 3 is 0.604 bits per heavy atom. The molecule has 7 nitrogen and oxygen atoms in total. The van der Waals surface area contributed by atoms with Gasteiger partial charge in [0, 0.05) is 51.5 Å². The van der Waals surface area contributed by atoms with Gasteiger partial charge in [-0.15, -0.1) is 6.58 Å². The maximum Gasteiger partial charge on any atom is 0.278 e. The lowest BCUT2D eigenvalue weighted by atomic mass is 10.6. The molecule has 0 aliphatic rings. The van der Waals surface area contributed by atoms with Crippen LogP contribution in [0.3, 0.4) is 0 Å². The number of rotatable bonds is 14. The van der Waals surface area contributed by atoms with Gasteiger partial charge in [-0.05, 0) is 129 Å². The van der Waals surface area contributed by atoms with Crippen LogP contribution in [-0.4, -0.2) is 110 Å². The van der Waals surface area contributed by atoms with Crippen molar-refractivity contribution >= 4 is 67.0 Å². The quantitative estimate of drug-likeness (QED) is 0.127. The minimum atomic E-state index is -1.50. The molecule has 0 unspecified atom stereocenters. The van der Waals surface area contributed by atoms with Crippen molar-refractivity contribution in [2.24, 2.45) is 0 Å². The first-order chi connectivity index (χ1) is 23.4. The van der Waals surface area contributed by atoms with Crippen molar-refractivity contribution in [3.8, 4) is 0 Å². The van der Waals surface area contributed by atoms with Gasteiger partial charge in [0.2, 0.25) is 0 Å². The molecule has 0 aromatic carbocycles. The van der Waals surface area contributed by atoms with Crippen LogP contribution in [-0.2, 0) is 31.0 Å². The Labute approximate surface area is 347 Å². The maximum atomic E-state index is 5.32. The van der Waals surface area contributed by atoms with Crippen LogP contribution in [0, 0.1) is 7.11 Å². The average molecular weight is 899 g/mol. The first-order valence-corrected chi connectivity index (χ1v) is 45.8. The third kappa shape index (κ3) is 101. The molecule has 0 aromatic heterocycles. The van der Waals surface area contributed by atoms with Gasteiger partial charge in [-0.25, -0.2) is 4.43 Å². The Bertz CT molecular complexity index is 657. The molecule has 0 radical (unpaired) electrons. The molecule has 0 aliphatic carbocycles. The summed E-state index contributed by atoms with van der Waals surface area (Å²) >= 11 is 0. The molecule has 0 saturated carbocycles. The highest BCUT2D eigenvalue weighted by Crippen LogP contribution is 2.12. The second-order valence-corrected chi connectivity index (χ2v) is 53.3. The summed E-state index contributed by atoms with van der Waals surface area (Å²) in [5, 5.41) is 0. The lowest BCUT2D eigenvalue weighted by Gasteiger charge is -2.17. The third-order valence-corrected chi connectivity index (χ3v) is 20.7. The van der Waals surface area contributed by atoms with Crippen molar-refractivity contribution in [2.75, 3.05) is 42.7 Å². The van der Waals surface area contributed by atoms with E-state index in [-0.39, 0.29) is 8.80 Å². The van der Waals surface area contributed by atoms with E-state index in [1.807, 2.05) is 40.1 Å². The highest BCUT2D eigenvalue weighted by molar-refractivity contribution is 6.76. The lowest BCUT2D eigenvalue weighted by molar-refractivity contribution is 0.402. The molecule has 15 heteroatoms. The van der Waals surface area contributed by atoms with Crippen molar-refractivity contribution in [1.29, 1.82) is 0 Å². The van der Waals surface area contributed by atoms with Crippen molar-refractivity contribution < 1.29 is 31.0 Å². The fourth-order valence-electron chi connectivity index (χ4n) is 2.17. The monoisotopic (exact) mass is 898 g/mol. The van der Waals surface area contributed by atoms with Gasteiger partial charge in [0.15, 0.2) is 57.0 Å². The van der Waals surface area contributed by atoms with Crippen molar-refractivity contribution in [3.63, 3.8) is 0 Å². The zero-order chi connectivity index (χ0) is 45.0. The van der Waals surface area contributed by atoms with Crippen LogP contribution in [0.1, 0.15) is 40.0 Å². The van der Waals surface area contributed by atoms with Crippen LogP contribution in [0.4, 0.5) is 0 Å². The highest BCUT2D eigenvalue weighted by atomic mass is 28.4. The molecule has 0 saturated heterocycles.